The third-order valence-electron chi connectivity index (χ3n) is 2.01. The van der Waals surface area contributed by atoms with E-state index in [-0.39, 0.29) is 0 Å². The molecule has 0 fully saturated rings. The number of benzene rings is 1. The average Bonchev–Trinajstić information content (AvgIpc) is 2.28. The van der Waals surface area contributed by atoms with Crippen LogP contribution in [0.15, 0.2) is 24.3 Å². The Labute approximate surface area is 99.1 Å². The lowest BCUT2D eigenvalue weighted by molar-refractivity contribution is -0.123. The first-order chi connectivity index (χ1) is 8.02. The number of nitrogens with one attached hydrogen (secondary N) is 2. The van der Waals surface area contributed by atoms with Crippen LogP contribution in [0.3, 0.4) is 0 Å². The molecule has 1 unspecified atom stereocenters. The first kappa shape index (κ1) is 12.8. The number of nitrogens with two attached hydrogens (primary N) is 1. The number of carbonyl (C=O) groups excluding carboxylic acids is 2. The van der Waals surface area contributed by atoms with Gasteiger partial charge in [0.1, 0.15) is 0 Å². The Morgan fingerprint density at radius 1 is 1.41 bits per heavy atom. The smallest absolute Gasteiger partial charge is 0.407 e. The fourth-order valence-electron chi connectivity index (χ4n) is 1.13. The minimum Gasteiger partial charge on any atom is -0.436 e. The van der Waals surface area contributed by atoms with Crippen molar-refractivity contribution in [1.29, 1.82) is 0 Å². The molecular weight excluding hydrogens is 222 g/mol. The second kappa shape index (κ2) is 5.74. The van der Waals surface area contributed by atoms with E-state index in [9.17, 15) is 9.59 Å². The van der Waals surface area contributed by atoms with E-state index < -0.39 is 18.1 Å². The molecule has 6 nitrogen and oxygen atoms in total. The Balaban J connectivity index is 2.57. The molecule has 1 atom stereocenters. The highest BCUT2D eigenvalue weighted by molar-refractivity contribution is 5.95. The van der Waals surface area contributed by atoms with Crippen molar-refractivity contribution in [2.45, 2.75) is 13.0 Å². The van der Waals surface area contributed by atoms with E-state index in [1.165, 1.54) is 14.0 Å². The van der Waals surface area contributed by atoms with Crippen molar-refractivity contribution in [2.75, 3.05) is 18.1 Å². The molecule has 0 saturated carbocycles. The summed E-state index contributed by atoms with van der Waals surface area (Å²) in [6.07, 6.45) is -1.53. The van der Waals surface area contributed by atoms with Crippen LogP contribution in [0.2, 0.25) is 0 Å². The molecule has 0 aromatic heterocycles. The molecule has 1 rings (SSSR count). The van der Waals surface area contributed by atoms with Crippen molar-refractivity contribution in [3.63, 3.8) is 0 Å². The van der Waals surface area contributed by atoms with E-state index in [1.807, 2.05) is 0 Å². The highest BCUT2D eigenvalue weighted by Crippen LogP contribution is 2.12. The summed E-state index contributed by atoms with van der Waals surface area (Å²) in [4.78, 5) is 22.5. The Morgan fingerprint density at radius 3 is 2.71 bits per heavy atom. The van der Waals surface area contributed by atoms with E-state index in [1.54, 1.807) is 24.3 Å². The van der Waals surface area contributed by atoms with E-state index in [4.69, 9.17) is 10.5 Å². The van der Waals surface area contributed by atoms with Gasteiger partial charge in [0.15, 0.2) is 6.10 Å². The molecule has 0 heterocycles. The van der Waals surface area contributed by atoms with Gasteiger partial charge in [0.05, 0.1) is 0 Å². The summed E-state index contributed by atoms with van der Waals surface area (Å²) in [5.41, 5.74) is 6.67. The standard InChI is InChI=1S/C11H15N3O3/c1-7(17-11(16)13-2)10(15)14-9-5-3-4-8(12)6-9/h3-7H,12H2,1-2H3,(H,13,16)(H,14,15). The van der Waals surface area contributed by atoms with Crippen molar-refractivity contribution >= 4 is 23.4 Å². The van der Waals surface area contributed by atoms with Crippen LogP contribution in [-0.4, -0.2) is 25.2 Å². The summed E-state index contributed by atoms with van der Waals surface area (Å²) in [5, 5.41) is 4.85. The molecule has 2 amide bonds. The van der Waals surface area contributed by atoms with Gasteiger partial charge in [-0.05, 0) is 25.1 Å². The fourth-order valence-corrected chi connectivity index (χ4v) is 1.13. The summed E-state index contributed by atoms with van der Waals surface area (Å²) in [6, 6.07) is 6.74. The number of rotatable bonds is 3. The van der Waals surface area contributed by atoms with Gasteiger partial charge >= 0.3 is 6.09 Å². The Bertz CT molecular complexity index is 420. The normalized spacial score (nSPS) is 11.4. The largest absolute Gasteiger partial charge is 0.436 e. The molecule has 1 aromatic carbocycles. The maximum atomic E-state index is 11.6. The molecule has 0 spiro atoms. The first-order valence-electron chi connectivity index (χ1n) is 5.07. The minimum absolute atomic E-state index is 0.417. The molecule has 0 aliphatic rings. The molecular formula is C11H15N3O3. The van der Waals surface area contributed by atoms with Gasteiger partial charge in [-0.3, -0.25) is 4.79 Å². The summed E-state index contributed by atoms with van der Waals surface area (Å²) < 4.78 is 4.77. The van der Waals surface area contributed by atoms with Gasteiger partial charge in [0, 0.05) is 18.4 Å². The Kier molecular flexibility index (Phi) is 4.33. The molecule has 17 heavy (non-hydrogen) atoms. The molecule has 92 valence electrons. The van der Waals surface area contributed by atoms with Crippen molar-refractivity contribution in [3.05, 3.63) is 24.3 Å². The van der Waals surface area contributed by atoms with Gasteiger partial charge in [0.25, 0.3) is 5.91 Å². The van der Waals surface area contributed by atoms with E-state index in [0.29, 0.717) is 11.4 Å². The van der Waals surface area contributed by atoms with Gasteiger partial charge < -0.3 is 21.1 Å². The lowest BCUT2D eigenvalue weighted by Crippen LogP contribution is -2.33. The number of amides is 2. The molecule has 0 aliphatic heterocycles. The third-order valence-corrected chi connectivity index (χ3v) is 2.01. The lowest BCUT2D eigenvalue weighted by atomic mass is 10.2. The molecule has 0 radical (unpaired) electrons. The number of ether oxygens (including phenoxy) is 1. The van der Waals surface area contributed by atoms with Crippen LogP contribution < -0.4 is 16.4 Å². The van der Waals surface area contributed by atoms with Crippen LogP contribution in [0.1, 0.15) is 6.92 Å². The molecule has 0 aliphatic carbocycles. The van der Waals surface area contributed by atoms with Gasteiger partial charge in [-0.25, -0.2) is 4.79 Å². The summed E-state index contributed by atoms with van der Waals surface area (Å²) >= 11 is 0. The van der Waals surface area contributed by atoms with Crippen LogP contribution in [-0.2, 0) is 9.53 Å². The predicted molar refractivity (Wildman–Crippen MR) is 64.5 cm³/mol. The van der Waals surface area contributed by atoms with Crippen molar-refractivity contribution in [3.8, 4) is 0 Å². The van der Waals surface area contributed by atoms with E-state index in [2.05, 4.69) is 10.6 Å². The fraction of sp³-hybridized carbons (Fsp3) is 0.273. The maximum absolute atomic E-state index is 11.6. The predicted octanol–water partition coefficient (Wildman–Crippen LogP) is 0.952. The van der Waals surface area contributed by atoms with Crippen molar-refractivity contribution < 1.29 is 14.3 Å². The third kappa shape index (κ3) is 4.02. The number of hydrogen-bond acceptors (Lipinski definition) is 4. The molecule has 1 aromatic rings. The number of alkyl carbamates (subject to hydrolysis) is 1. The zero-order valence-corrected chi connectivity index (χ0v) is 9.69. The van der Waals surface area contributed by atoms with Crippen molar-refractivity contribution in [2.24, 2.45) is 0 Å². The molecule has 0 saturated heterocycles. The topological polar surface area (TPSA) is 93.4 Å². The Morgan fingerprint density at radius 2 is 2.12 bits per heavy atom. The zero-order valence-electron chi connectivity index (χ0n) is 9.69. The molecule has 6 heteroatoms. The zero-order chi connectivity index (χ0) is 12.8. The van der Waals surface area contributed by atoms with Crippen LogP contribution in [0, 0.1) is 0 Å². The highest BCUT2D eigenvalue weighted by atomic mass is 16.6. The second-order valence-electron chi connectivity index (χ2n) is 3.41. The van der Waals surface area contributed by atoms with Crippen LogP contribution >= 0.6 is 0 Å². The number of hydrogen-bond donors (Lipinski definition) is 3. The quantitative estimate of drug-likeness (QED) is 0.682. The monoisotopic (exact) mass is 237 g/mol. The first-order valence-corrected chi connectivity index (χ1v) is 5.07. The number of carbonyl (C=O) groups is 2. The highest BCUT2D eigenvalue weighted by Gasteiger charge is 2.16. The van der Waals surface area contributed by atoms with Gasteiger partial charge in [0.2, 0.25) is 0 Å². The van der Waals surface area contributed by atoms with Crippen LogP contribution in [0.25, 0.3) is 0 Å². The van der Waals surface area contributed by atoms with Crippen LogP contribution in [0.5, 0.6) is 0 Å². The summed E-state index contributed by atoms with van der Waals surface area (Å²) in [5.74, 6) is -0.417. The summed E-state index contributed by atoms with van der Waals surface area (Å²) in [6.45, 7) is 1.48. The number of nitrogen functional groups attached to an aromatic ring is 1. The van der Waals surface area contributed by atoms with Gasteiger partial charge in [-0.2, -0.15) is 0 Å². The van der Waals surface area contributed by atoms with E-state index in [0.717, 1.165) is 0 Å². The molecule has 4 N–H and O–H groups in total. The number of anilines is 2. The van der Waals surface area contributed by atoms with E-state index >= 15 is 0 Å². The minimum atomic E-state index is -0.878. The second-order valence-corrected chi connectivity index (χ2v) is 3.41. The van der Waals surface area contributed by atoms with Gasteiger partial charge in [-0.1, -0.05) is 6.07 Å². The lowest BCUT2D eigenvalue weighted by Gasteiger charge is -2.13. The van der Waals surface area contributed by atoms with Gasteiger partial charge in [-0.15, -0.1) is 0 Å². The SMILES string of the molecule is CNC(=O)OC(C)C(=O)Nc1cccc(N)c1. The Hall–Kier alpha value is -2.24. The van der Waals surface area contributed by atoms with Crippen molar-refractivity contribution in [1.82, 2.24) is 5.32 Å². The van der Waals surface area contributed by atoms with Crippen LogP contribution in [0.4, 0.5) is 16.2 Å². The molecule has 0 bridgehead atoms. The maximum Gasteiger partial charge on any atom is 0.407 e. The average molecular weight is 237 g/mol. The summed E-state index contributed by atoms with van der Waals surface area (Å²) in [7, 11) is 1.42.